The fraction of sp³-hybridized carbons (Fsp3) is 0.278. The van der Waals surface area contributed by atoms with Gasteiger partial charge in [-0.3, -0.25) is 0 Å². The third kappa shape index (κ3) is 4.58. The zero-order valence-corrected chi connectivity index (χ0v) is 15.9. The fourth-order valence-corrected chi connectivity index (χ4v) is 3.56. The first-order valence-corrected chi connectivity index (χ1v) is 9.95. The molecule has 0 fully saturated rings. The van der Waals surface area contributed by atoms with Crippen LogP contribution in [0, 0.1) is 6.92 Å². The molecular weight excluding hydrogens is 342 g/mol. The summed E-state index contributed by atoms with van der Waals surface area (Å²) in [5.41, 5.74) is 2.19. The molecule has 1 atom stereocenters. The van der Waals surface area contributed by atoms with Gasteiger partial charge >= 0.3 is 0 Å². The van der Waals surface area contributed by atoms with Crippen molar-refractivity contribution in [3.63, 3.8) is 0 Å². The van der Waals surface area contributed by atoms with Crippen LogP contribution in [0.15, 0.2) is 56.7 Å². The molecule has 0 saturated heterocycles. The van der Waals surface area contributed by atoms with E-state index >= 15 is 0 Å². The number of halogens is 1. The van der Waals surface area contributed by atoms with Gasteiger partial charge in [0.1, 0.15) is 0 Å². The predicted octanol–water partition coefficient (Wildman–Crippen LogP) is 5.05. The van der Waals surface area contributed by atoms with Crippen LogP contribution < -0.4 is 0 Å². The molecule has 128 valence electrons. The van der Waals surface area contributed by atoms with Crippen molar-refractivity contribution in [3.05, 3.63) is 53.1 Å². The molecule has 2 rings (SSSR count). The molecule has 0 aromatic heterocycles. The Morgan fingerprint density at radius 1 is 1.21 bits per heavy atom. The number of benzene rings is 2. The Balaban J connectivity index is 2.43. The molecule has 0 radical (unpaired) electrons. The van der Waals surface area contributed by atoms with Crippen molar-refractivity contribution in [2.24, 2.45) is 9.36 Å². The van der Waals surface area contributed by atoms with E-state index in [1.807, 2.05) is 62.2 Å². The van der Waals surface area contributed by atoms with Crippen LogP contribution in [0.25, 0.3) is 0 Å². The number of hydrogen-bond acceptors (Lipinski definition) is 3. The van der Waals surface area contributed by atoms with Crippen LogP contribution in [0.2, 0.25) is 5.02 Å². The molecule has 1 unspecified atom stereocenters. The average Bonchev–Trinajstić information content (AvgIpc) is 2.57. The third-order valence-electron chi connectivity index (χ3n) is 3.61. The Kier molecular flexibility index (Phi) is 6.02. The van der Waals surface area contributed by atoms with E-state index in [2.05, 4.69) is 9.36 Å². The van der Waals surface area contributed by atoms with E-state index in [1.54, 1.807) is 18.7 Å². The number of aryl methyl sites for hydroxylation is 1. The molecular formula is C18H22ClN3OS. The molecule has 0 saturated carbocycles. The molecule has 4 nitrogen and oxygen atoms in total. The zero-order valence-electron chi connectivity index (χ0n) is 14.4. The summed E-state index contributed by atoms with van der Waals surface area (Å²) in [4.78, 5) is 7.05. The average molecular weight is 364 g/mol. The lowest BCUT2D eigenvalue weighted by Gasteiger charge is -2.10. The van der Waals surface area contributed by atoms with Gasteiger partial charge in [-0.05, 0) is 43.7 Å². The van der Waals surface area contributed by atoms with Gasteiger partial charge in [-0.15, -0.1) is 0 Å². The summed E-state index contributed by atoms with van der Waals surface area (Å²) < 4.78 is 17.4. The van der Waals surface area contributed by atoms with Gasteiger partial charge in [0.2, 0.25) is 0 Å². The first-order valence-electron chi connectivity index (χ1n) is 7.65. The standard InChI is InChI=1S/C18H22ClN3OS/c1-5-22(3)13-20-18-11-14(2)17(12-16(18)19)21-24(4,23)15-9-7-6-8-10-15/h6-13H,5H2,1-4H3/b20-13-. The van der Waals surface area contributed by atoms with Gasteiger partial charge in [0, 0.05) is 24.7 Å². The molecule has 6 heteroatoms. The van der Waals surface area contributed by atoms with Crippen LogP contribution >= 0.6 is 11.6 Å². The van der Waals surface area contributed by atoms with E-state index in [9.17, 15) is 4.21 Å². The van der Waals surface area contributed by atoms with Gasteiger partial charge < -0.3 is 4.90 Å². The molecule has 0 amide bonds. The maximum Gasteiger partial charge on any atom is 0.0910 e. The minimum absolute atomic E-state index is 0.489. The van der Waals surface area contributed by atoms with Crippen LogP contribution in [0.1, 0.15) is 12.5 Å². The Morgan fingerprint density at radius 2 is 1.88 bits per heavy atom. The monoisotopic (exact) mass is 363 g/mol. The van der Waals surface area contributed by atoms with Crippen molar-refractivity contribution in [2.75, 3.05) is 19.8 Å². The Hall–Kier alpha value is -1.85. The van der Waals surface area contributed by atoms with Gasteiger partial charge in [0.05, 0.1) is 32.5 Å². The summed E-state index contributed by atoms with van der Waals surface area (Å²) in [6.07, 6.45) is 3.38. The van der Waals surface area contributed by atoms with Crippen molar-refractivity contribution in [1.29, 1.82) is 0 Å². The molecule has 2 aromatic carbocycles. The van der Waals surface area contributed by atoms with E-state index in [1.165, 1.54) is 0 Å². The lowest BCUT2D eigenvalue weighted by atomic mass is 10.2. The minimum atomic E-state index is -2.53. The second kappa shape index (κ2) is 7.81. The fourth-order valence-electron chi connectivity index (χ4n) is 2.01. The summed E-state index contributed by atoms with van der Waals surface area (Å²) in [6.45, 7) is 4.82. The lowest BCUT2D eigenvalue weighted by molar-refractivity contribution is 0.552. The van der Waals surface area contributed by atoms with Crippen molar-refractivity contribution in [2.45, 2.75) is 18.7 Å². The summed E-state index contributed by atoms with van der Waals surface area (Å²) in [5.74, 6) is 0. The predicted molar refractivity (Wildman–Crippen MR) is 104 cm³/mol. The van der Waals surface area contributed by atoms with Gasteiger partial charge in [0.25, 0.3) is 0 Å². The SMILES string of the molecule is CCN(C)/C=N\c1cc(C)c(N=S(C)(=O)c2ccccc2)cc1Cl. The molecule has 0 aliphatic rings. The molecule has 0 bridgehead atoms. The van der Waals surface area contributed by atoms with Crippen LogP contribution in [0.3, 0.4) is 0 Å². The Labute approximate surface area is 149 Å². The van der Waals surface area contributed by atoms with Crippen LogP contribution in [-0.4, -0.2) is 35.3 Å². The maximum atomic E-state index is 12.9. The molecule has 2 aromatic rings. The maximum absolute atomic E-state index is 12.9. The minimum Gasteiger partial charge on any atom is -0.366 e. The van der Waals surface area contributed by atoms with Crippen LogP contribution in [-0.2, 0) is 9.73 Å². The third-order valence-corrected chi connectivity index (χ3v) is 5.61. The molecule has 0 aliphatic heterocycles. The lowest BCUT2D eigenvalue weighted by Crippen LogP contribution is -2.14. The van der Waals surface area contributed by atoms with Crippen molar-refractivity contribution >= 4 is 39.0 Å². The highest BCUT2D eigenvalue weighted by molar-refractivity contribution is 7.93. The van der Waals surface area contributed by atoms with Gasteiger partial charge in [-0.2, -0.15) is 4.36 Å². The van der Waals surface area contributed by atoms with E-state index < -0.39 is 9.73 Å². The molecule has 0 N–H and O–H groups in total. The second-order valence-electron chi connectivity index (χ2n) is 5.61. The highest BCUT2D eigenvalue weighted by Gasteiger charge is 2.09. The summed E-state index contributed by atoms with van der Waals surface area (Å²) in [5, 5.41) is 0.489. The smallest absolute Gasteiger partial charge is 0.0910 e. The van der Waals surface area contributed by atoms with Crippen molar-refractivity contribution < 1.29 is 4.21 Å². The second-order valence-corrected chi connectivity index (χ2v) is 8.28. The first-order chi connectivity index (χ1) is 11.3. The molecule has 0 heterocycles. The Bertz CT molecular complexity index is 856. The largest absolute Gasteiger partial charge is 0.366 e. The van der Waals surface area contributed by atoms with E-state index in [0.717, 1.165) is 12.1 Å². The summed E-state index contributed by atoms with van der Waals surface area (Å²) >= 11 is 6.32. The molecule has 0 aliphatic carbocycles. The number of rotatable bonds is 5. The topological polar surface area (TPSA) is 45.0 Å². The van der Waals surface area contributed by atoms with Gasteiger partial charge in [-0.1, -0.05) is 29.8 Å². The van der Waals surface area contributed by atoms with E-state index in [0.29, 0.717) is 21.3 Å². The highest BCUT2D eigenvalue weighted by Crippen LogP contribution is 2.33. The summed E-state index contributed by atoms with van der Waals surface area (Å²) in [6, 6.07) is 12.8. The van der Waals surface area contributed by atoms with E-state index in [-0.39, 0.29) is 0 Å². The highest BCUT2D eigenvalue weighted by atomic mass is 35.5. The molecule has 0 spiro atoms. The van der Waals surface area contributed by atoms with Gasteiger partial charge in [-0.25, -0.2) is 9.20 Å². The Morgan fingerprint density at radius 3 is 2.50 bits per heavy atom. The zero-order chi connectivity index (χ0) is 17.7. The quantitative estimate of drug-likeness (QED) is 0.551. The number of nitrogens with zero attached hydrogens (tertiary/aromatic N) is 3. The van der Waals surface area contributed by atoms with Gasteiger partial charge in [0.15, 0.2) is 0 Å². The number of aliphatic imine (C=N–C) groups is 1. The molecule has 24 heavy (non-hydrogen) atoms. The van der Waals surface area contributed by atoms with Crippen molar-refractivity contribution in [1.82, 2.24) is 4.90 Å². The van der Waals surface area contributed by atoms with Crippen molar-refractivity contribution in [3.8, 4) is 0 Å². The van der Waals surface area contributed by atoms with E-state index in [4.69, 9.17) is 11.6 Å². The summed E-state index contributed by atoms with van der Waals surface area (Å²) in [7, 11) is -0.581. The van der Waals surface area contributed by atoms with Crippen LogP contribution in [0.4, 0.5) is 11.4 Å². The first kappa shape index (κ1) is 18.5. The van der Waals surface area contributed by atoms with Crippen LogP contribution in [0.5, 0.6) is 0 Å². The number of hydrogen-bond donors (Lipinski definition) is 0. The normalized spacial score (nSPS) is 13.7.